The van der Waals surface area contributed by atoms with Crippen LogP contribution in [0.2, 0.25) is 0 Å². The van der Waals surface area contributed by atoms with Crippen LogP contribution < -0.4 is 14.9 Å². The molecule has 1 fully saturated rings. The van der Waals surface area contributed by atoms with Gasteiger partial charge in [-0.2, -0.15) is 5.01 Å². The number of nitrogens with zero attached hydrogens (tertiary/aromatic N) is 1. The molecule has 3 aromatic rings. The minimum absolute atomic E-state index is 0.259. The van der Waals surface area contributed by atoms with Crippen molar-refractivity contribution in [3.63, 3.8) is 0 Å². The molecule has 4 rings (SSSR count). The standard InChI is InChI=1S/C29H28N2O4S2/c1-5-34-25-15-21(11-12-24(25)35-17-23-14-19(3)18(2)13-20(23)4)16-26-28(33)31(29(36)37-26)30-27(32)22-9-7-6-8-10-22/h6-16H,5,17H2,1-4H3,(H,30,32)/b26-16+. The average Bonchev–Trinajstić information content (AvgIpc) is 3.14. The number of aryl methyl sites for hydroxylation is 3. The van der Waals surface area contributed by atoms with Gasteiger partial charge in [0.05, 0.1) is 11.5 Å². The first-order chi connectivity index (χ1) is 17.8. The van der Waals surface area contributed by atoms with E-state index in [9.17, 15) is 9.59 Å². The number of hydrogen-bond donors (Lipinski definition) is 1. The molecule has 0 radical (unpaired) electrons. The number of amides is 2. The predicted molar refractivity (Wildman–Crippen MR) is 152 cm³/mol. The first kappa shape index (κ1) is 26.4. The number of ether oxygens (including phenoxy) is 2. The van der Waals surface area contributed by atoms with Gasteiger partial charge < -0.3 is 9.47 Å². The highest BCUT2D eigenvalue weighted by molar-refractivity contribution is 8.26. The molecule has 1 saturated heterocycles. The Labute approximate surface area is 226 Å². The molecule has 1 aliphatic heterocycles. The second-order valence-electron chi connectivity index (χ2n) is 8.61. The third-order valence-corrected chi connectivity index (χ3v) is 7.25. The molecule has 0 spiro atoms. The molecule has 0 atom stereocenters. The van der Waals surface area contributed by atoms with E-state index in [1.54, 1.807) is 30.3 Å². The van der Waals surface area contributed by atoms with E-state index < -0.39 is 5.91 Å². The summed E-state index contributed by atoms with van der Waals surface area (Å²) in [6.45, 7) is 9.07. The molecule has 6 nitrogen and oxygen atoms in total. The number of hydrogen-bond acceptors (Lipinski definition) is 6. The summed E-state index contributed by atoms with van der Waals surface area (Å²) in [4.78, 5) is 25.9. The first-order valence-electron chi connectivity index (χ1n) is 11.9. The lowest BCUT2D eigenvalue weighted by Gasteiger charge is -2.15. The molecule has 37 heavy (non-hydrogen) atoms. The Bertz CT molecular complexity index is 1390. The van der Waals surface area contributed by atoms with Crippen LogP contribution in [0.5, 0.6) is 11.5 Å². The van der Waals surface area contributed by atoms with E-state index in [2.05, 4.69) is 38.3 Å². The molecule has 2 amide bonds. The Morgan fingerprint density at radius 3 is 2.43 bits per heavy atom. The van der Waals surface area contributed by atoms with Gasteiger partial charge in [0.1, 0.15) is 6.61 Å². The number of thiocarbonyl (C=S) groups is 1. The Balaban J connectivity index is 1.50. The zero-order valence-electron chi connectivity index (χ0n) is 21.2. The van der Waals surface area contributed by atoms with E-state index in [0.717, 1.165) is 27.9 Å². The van der Waals surface area contributed by atoms with Gasteiger partial charge in [-0.05, 0) is 98.1 Å². The maximum atomic E-state index is 13.0. The lowest BCUT2D eigenvalue weighted by atomic mass is 10.0. The van der Waals surface area contributed by atoms with Gasteiger partial charge in [0.2, 0.25) is 0 Å². The van der Waals surface area contributed by atoms with Gasteiger partial charge in [-0.25, -0.2) is 0 Å². The van der Waals surface area contributed by atoms with Crippen LogP contribution in [0, 0.1) is 20.8 Å². The lowest BCUT2D eigenvalue weighted by molar-refractivity contribution is -0.123. The molecule has 3 aromatic carbocycles. The number of nitrogens with one attached hydrogen (secondary N) is 1. The van der Waals surface area contributed by atoms with E-state index in [4.69, 9.17) is 21.7 Å². The van der Waals surface area contributed by atoms with Crippen LogP contribution in [0.1, 0.15) is 45.1 Å². The Kier molecular flexibility index (Phi) is 8.31. The van der Waals surface area contributed by atoms with Crippen LogP contribution in [-0.4, -0.2) is 27.8 Å². The van der Waals surface area contributed by atoms with Crippen LogP contribution in [-0.2, 0) is 11.4 Å². The second-order valence-corrected chi connectivity index (χ2v) is 10.3. The highest BCUT2D eigenvalue weighted by Gasteiger charge is 2.33. The van der Waals surface area contributed by atoms with Crippen LogP contribution in [0.4, 0.5) is 0 Å². The third kappa shape index (κ3) is 6.21. The quantitative estimate of drug-likeness (QED) is 0.278. The molecular formula is C29H28N2O4S2. The van der Waals surface area contributed by atoms with Crippen molar-refractivity contribution in [2.24, 2.45) is 0 Å². The zero-order chi connectivity index (χ0) is 26.5. The maximum absolute atomic E-state index is 13.0. The number of carbonyl (C=O) groups excluding carboxylic acids is 2. The second kappa shape index (κ2) is 11.6. The smallest absolute Gasteiger partial charge is 0.285 e. The summed E-state index contributed by atoms with van der Waals surface area (Å²) in [5.41, 5.74) is 8.57. The van der Waals surface area contributed by atoms with Crippen molar-refractivity contribution >= 4 is 46.2 Å². The summed E-state index contributed by atoms with van der Waals surface area (Å²) in [5, 5.41) is 1.11. The van der Waals surface area contributed by atoms with Gasteiger partial charge in [-0.15, -0.1) is 0 Å². The Morgan fingerprint density at radius 2 is 1.70 bits per heavy atom. The van der Waals surface area contributed by atoms with E-state index in [1.807, 2.05) is 31.2 Å². The molecular weight excluding hydrogens is 504 g/mol. The van der Waals surface area contributed by atoms with Gasteiger partial charge in [-0.1, -0.05) is 48.2 Å². The van der Waals surface area contributed by atoms with Gasteiger partial charge in [0.25, 0.3) is 11.8 Å². The molecule has 1 aliphatic rings. The predicted octanol–water partition coefficient (Wildman–Crippen LogP) is 6.14. The fourth-order valence-electron chi connectivity index (χ4n) is 3.80. The summed E-state index contributed by atoms with van der Waals surface area (Å²) in [6, 6.07) is 18.5. The van der Waals surface area contributed by atoms with Gasteiger partial charge in [-0.3, -0.25) is 15.0 Å². The van der Waals surface area contributed by atoms with Gasteiger partial charge in [0, 0.05) is 5.56 Å². The van der Waals surface area contributed by atoms with Gasteiger partial charge in [0.15, 0.2) is 15.8 Å². The maximum Gasteiger partial charge on any atom is 0.285 e. The van der Waals surface area contributed by atoms with Gasteiger partial charge >= 0.3 is 0 Å². The normalized spacial score (nSPS) is 14.3. The summed E-state index contributed by atoms with van der Waals surface area (Å²) < 4.78 is 12.2. The van der Waals surface area contributed by atoms with Crippen molar-refractivity contribution in [3.05, 3.63) is 98.9 Å². The van der Waals surface area contributed by atoms with Crippen LogP contribution in [0.3, 0.4) is 0 Å². The summed E-state index contributed by atoms with van der Waals surface area (Å²) in [5.74, 6) is 0.421. The topological polar surface area (TPSA) is 67.9 Å². The molecule has 1 heterocycles. The Morgan fingerprint density at radius 1 is 0.973 bits per heavy atom. The van der Waals surface area contributed by atoms with E-state index >= 15 is 0 Å². The van der Waals surface area contributed by atoms with Crippen LogP contribution in [0.15, 0.2) is 65.6 Å². The highest BCUT2D eigenvalue weighted by Crippen LogP contribution is 2.35. The molecule has 0 unspecified atom stereocenters. The SMILES string of the molecule is CCOc1cc(/C=C2/SC(=S)N(NC(=O)c3ccccc3)C2=O)ccc1OCc1cc(C)c(C)cc1C. The third-order valence-electron chi connectivity index (χ3n) is 5.94. The van der Waals surface area contributed by atoms with Crippen molar-refractivity contribution in [1.29, 1.82) is 0 Å². The number of rotatable bonds is 8. The minimum atomic E-state index is -0.405. The van der Waals surface area contributed by atoms with Crippen molar-refractivity contribution in [1.82, 2.24) is 10.4 Å². The van der Waals surface area contributed by atoms with E-state index in [1.165, 1.54) is 16.7 Å². The molecule has 8 heteroatoms. The largest absolute Gasteiger partial charge is 0.490 e. The van der Waals surface area contributed by atoms with Crippen molar-refractivity contribution in [2.75, 3.05) is 6.61 Å². The molecule has 190 valence electrons. The number of carbonyl (C=O) groups is 2. The number of hydrazine groups is 1. The number of benzene rings is 3. The monoisotopic (exact) mass is 532 g/mol. The molecule has 0 aromatic heterocycles. The van der Waals surface area contributed by atoms with Crippen molar-refractivity contribution < 1.29 is 19.1 Å². The molecule has 0 aliphatic carbocycles. The average molecular weight is 533 g/mol. The summed E-state index contributed by atoms with van der Waals surface area (Å²) >= 11 is 6.47. The number of thioether (sulfide) groups is 1. The van der Waals surface area contributed by atoms with Crippen LogP contribution in [0.25, 0.3) is 6.08 Å². The fourth-order valence-corrected chi connectivity index (χ4v) is 4.98. The summed E-state index contributed by atoms with van der Waals surface area (Å²) in [6.07, 6.45) is 1.73. The minimum Gasteiger partial charge on any atom is -0.490 e. The van der Waals surface area contributed by atoms with Crippen molar-refractivity contribution in [3.8, 4) is 11.5 Å². The molecule has 1 N–H and O–H groups in total. The highest BCUT2D eigenvalue weighted by atomic mass is 32.2. The Hall–Kier alpha value is -3.62. The van der Waals surface area contributed by atoms with Crippen molar-refractivity contribution in [2.45, 2.75) is 34.3 Å². The van der Waals surface area contributed by atoms with E-state index in [-0.39, 0.29) is 10.2 Å². The van der Waals surface area contributed by atoms with E-state index in [0.29, 0.717) is 35.2 Å². The molecule has 0 bridgehead atoms. The lowest BCUT2D eigenvalue weighted by Crippen LogP contribution is -2.44. The summed E-state index contributed by atoms with van der Waals surface area (Å²) in [7, 11) is 0. The zero-order valence-corrected chi connectivity index (χ0v) is 22.8. The molecule has 0 saturated carbocycles. The first-order valence-corrected chi connectivity index (χ1v) is 13.1. The van der Waals surface area contributed by atoms with Crippen LogP contribution >= 0.6 is 24.0 Å². The fraction of sp³-hybridized carbons (Fsp3) is 0.207.